The summed E-state index contributed by atoms with van der Waals surface area (Å²) in [6.45, 7) is 4.54. The molecular formula is C19H16BrFN2S. The summed E-state index contributed by atoms with van der Waals surface area (Å²) < 4.78 is 16.2. The summed E-state index contributed by atoms with van der Waals surface area (Å²) in [4.78, 5) is 4.56. The summed E-state index contributed by atoms with van der Waals surface area (Å²) in [5.41, 5.74) is 3.24. The number of thioether (sulfide) groups is 1. The minimum atomic E-state index is -0.213. The molecule has 0 aliphatic heterocycles. The van der Waals surface area contributed by atoms with Gasteiger partial charge in [0.2, 0.25) is 0 Å². The van der Waals surface area contributed by atoms with Crippen LogP contribution in [-0.2, 0) is 12.3 Å². The number of imidazole rings is 1. The van der Waals surface area contributed by atoms with Crippen molar-refractivity contribution in [1.82, 2.24) is 9.55 Å². The van der Waals surface area contributed by atoms with E-state index in [0.717, 1.165) is 32.2 Å². The molecule has 122 valence electrons. The van der Waals surface area contributed by atoms with Gasteiger partial charge in [0.1, 0.15) is 5.82 Å². The Morgan fingerprint density at radius 1 is 1.12 bits per heavy atom. The van der Waals surface area contributed by atoms with Crippen molar-refractivity contribution in [2.24, 2.45) is 0 Å². The standard InChI is InChI=1S/C19H16BrFN2S/c1-2-11-23-18(15-5-7-16(20)8-6-15)12-22-19(23)24-13-14-3-9-17(21)10-4-14/h2-10,12H,1,11,13H2. The van der Waals surface area contributed by atoms with E-state index < -0.39 is 0 Å². The number of hydrogen-bond donors (Lipinski definition) is 0. The van der Waals surface area contributed by atoms with Crippen molar-refractivity contribution in [2.75, 3.05) is 0 Å². The first kappa shape index (κ1) is 17.0. The average Bonchev–Trinajstić information content (AvgIpc) is 2.98. The van der Waals surface area contributed by atoms with E-state index in [9.17, 15) is 4.39 Å². The normalized spacial score (nSPS) is 10.8. The number of hydrogen-bond acceptors (Lipinski definition) is 2. The van der Waals surface area contributed by atoms with E-state index in [-0.39, 0.29) is 5.82 Å². The van der Waals surface area contributed by atoms with Gasteiger partial charge < -0.3 is 4.57 Å². The number of allylic oxidation sites excluding steroid dienone is 1. The lowest BCUT2D eigenvalue weighted by molar-refractivity contribution is 0.627. The largest absolute Gasteiger partial charge is 0.315 e. The van der Waals surface area contributed by atoms with Crippen molar-refractivity contribution < 1.29 is 4.39 Å². The highest BCUT2D eigenvalue weighted by molar-refractivity contribution is 9.10. The van der Waals surface area contributed by atoms with Gasteiger partial charge in [0.15, 0.2) is 5.16 Å². The zero-order chi connectivity index (χ0) is 16.9. The topological polar surface area (TPSA) is 17.8 Å². The van der Waals surface area contributed by atoms with E-state index in [1.165, 1.54) is 12.1 Å². The molecule has 0 radical (unpaired) electrons. The molecule has 0 aliphatic rings. The van der Waals surface area contributed by atoms with Crippen LogP contribution in [0.1, 0.15) is 5.56 Å². The molecule has 0 N–H and O–H groups in total. The van der Waals surface area contributed by atoms with Gasteiger partial charge in [-0.3, -0.25) is 0 Å². The Morgan fingerprint density at radius 3 is 2.50 bits per heavy atom. The summed E-state index contributed by atoms with van der Waals surface area (Å²) in [5.74, 6) is 0.531. The molecule has 3 aromatic rings. The lowest BCUT2D eigenvalue weighted by Gasteiger charge is -2.10. The second-order valence-corrected chi connectivity index (χ2v) is 7.11. The van der Waals surface area contributed by atoms with Gasteiger partial charge in [-0.15, -0.1) is 6.58 Å². The predicted octanol–water partition coefficient (Wildman–Crippen LogP) is 5.93. The molecule has 0 amide bonds. The van der Waals surface area contributed by atoms with Crippen molar-refractivity contribution in [3.63, 3.8) is 0 Å². The molecule has 1 heterocycles. The van der Waals surface area contributed by atoms with Crippen LogP contribution in [0.25, 0.3) is 11.3 Å². The third-order valence-corrected chi connectivity index (χ3v) is 5.14. The predicted molar refractivity (Wildman–Crippen MR) is 102 cm³/mol. The Labute approximate surface area is 153 Å². The number of rotatable bonds is 6. The Bertz CT molecular complexity index is 826. The van der Waals surface area contributed by atoms with Crippen LogP contribution < -0.4 is 0 Å². The van der Waals surface area contributed by atoms with Gasteiger partial charge in [0.05, 0.1) is 11.9 Å². The maximum atomic E-state index is 13.0. The Morgan fingerprint density at radius 2 is 1.83 bits per heavy atom. The molecule has 0 saturated carbocycles. The maximum Gasteiger partial charge on any atom is 0.169 e. The summed E-state index contributed by atoms with van der Waals surface area (Å²) in [6, 6.07) is 14.7. The quantitative estimate of drug-likeness (QED) is 0.375. The van der Waals surface area contributed by atoms with Crippen LogP contribution >= 0.6 is 27.7 Å². The molecule has 3 rings (SSSR count). The zero-order valence-corrected chi connectivity index (χ0v) is 15.4. The molecule has 2 nitrogen and oxygen atoms in total. The van der Waals surface area contributed by atoms with Gasteiger partial charge in [0, 0.05) is 16.8 Å². The van der Waals surface area contributed by atoms with E-state index in [0.29, 0.717) is 6.54 Å². The maximum absolute atomic E-state index is 13.0. The zero-order valence-electron chi connectivity index (χ0n) is 13.0. The fourth-order valence-electron chi connectivity index (χ4n) is 2.36. The smallest absolute Gasteiger partial charge is 0.169 e. The Kier molecular flexibility index (Phi) is 5.53. The molecular weight excluding hydrogens is 387 g/mol. The second-order valence-electron chi connectivity index (χ2n) is 5.25. The van der Waals surface area contributed by atoms with E-state index in [1.54, 1.807) is 23.9 Å². The molecule has 1 aromatic heterocycles. The minimum absolute atomic E-state index is 0.213. The molecule has 2 aromatic carbocycles. The molecule has 0 aliphatic carbocycles. The van der Waals surface area contributed by atoms with Crippen LogP contribution in [-0.4, -0.2) is 9.55 Å². The Hall–Kier alpha value is -1.85. The summed E-state index contributed by atoms with van der Waals surface area (Å²) in [7, 11) is 0. The first-order valence-electron chi connectivity index (χ1n) is 7.47. The second kappa shape index (κ2) is 7.81. The van der Waals surface area contributed by atoms with Crippen LogP contribution in [0.5, 0.6) is 0 Å². The monoisotopic (exact) mass is 402 g/mol. The van der Waals surface area contributed by atoms with Gasteiger partial charge in [0.25, 0.3) is 0 Å². The van der Waals surface area contributed by atoms with Crippen molar-refractivity contribution in [1.29, 1.82) is 0 Å². The highest BCUT2D eigenvalue weighted by Crippen LogP contribution is 2.29. The number of halogens is 2. The van der Waals surface area contributed by atoms with Crippen LogP contribution in [0.3, 0.4) is 0 Å². The van der Waals surface area contributed by atoms with Crippen molar-refractivity contribution in [2.45, 2.75) is 17.5 Å². The van der Waals surface area contributed by atoms with E-state index in [4.69, 9.17) is 0 Å². The summed E-state index contributed by atoms with van der Waals surface area (Å²) >= 11 is 5.10. The number of benzene rings is 2. The highest BCUT2D eigenvalue weighted by atomic mass is 79.9. The molecule has 0 saturated heterocycles. The van der Waals surface area contributed by atoms with Crippen LogP contribution in [0.4, 0.5) is 4.39 Å². The van der Waals surface area contributed by atoms with Crippen LogP contribution in [0, 0.1) is 5.82 Å². The van der Waals surface area contributed by atoms with Crippen LogP contribution in [0.15, 0.2) is 77.0 Å². The molecule has 0 fully saturated rings. The molecule has 0 bridgehead atoms. The van der Waals surface area contributed by atoms with Crippen molar-refractivity contribution >= 4 is 27.7 Å². The van der Waals surface area contributed by atoms with E-state index >= 15 is 0 Å². The molecule has 0 unspecified atom stereocenters. The molecule has 24 heavy (non-hydrogen) atoms. The van der Waals surface area contributed by atoms with E-state index in [1.807, 2.05) is 24.4 Å². The van der Waals surface area contributed by atoms with E-state index in [2.05, 4.69) is 44.2 Å². The molecule has 5 heteroatoms. The van der Waals surface area contributed by atoms with Gasteiger partial charge in [-0.25, -0.2) is 9.37 Å². The summed E-state index contributed by atoms with van der Waals surface area (Å²) in [5, 5.41) is 0.928. The van der Waals surface area contributed by atoms with Crippen molar-refractivity contribution in [3.05, 3.63) is 83.2 Å². The lowest BCUT2D eigenvalue weighted by atomic mass is 10.2. The highest BCUT2D eigenvalue weighted by Gasteiger charge is 2.11. The number of nitrogens with zero attached hydrogens (tertiary/aromatic N) is 2. The van der Waals surface area contributed by atoms with Crippen molar-refractivity contribution in [3.8, 4) is 11.3 Å². The SMILES string of the molecule is C=CCn1c(-c2ccc(Br)cc2)cnc1SCc1ccc(F)cc1. The first-order valence-corrected chi connectivity index (χ1v) is 9.25. The third kappa shape index (κ3) is 3.97. The lowest BCUT2D eigenvalue weighted by Crippen LogP contribution is -2.00. The molecule has 0 spiro atoms. The Balaban J connectivity index is 1.84. The third-order valence-electron chi connectivity index (χ3n) is 3.55. The van der Waals surface area contributed by atoms with Crippen LogP contribution in [0.2, 0.25) is 0 Å². The average molecular weight is 403 g/mol. The summed E-state index contributed by atoms with van der Waals surface area (Å²) in [6.07, 6.45) is 3.76. The van der Waals surface area contributed by atoms with Gasteiger partial charge in [-0.2, -0.15) is 0 Å². The first-order chi connectivity index (χ1) is 11.7. The van der Waals surface area contributed by atoms with Gasteiger partial charge in [-0.05, 0) is 35.4 Å². The molecule has 0 atom stereocenters. The minimum Gasteiger partial charge on any atom is -0.315 e. The van der Waals surface area contributed by atoms with Gasteiger partial charge >= 0.3 is 0 Å². The number of aromatic nitrogens is 2. The fourth-order valence-corrected chi connectivity index (χ4v) is 3.57. The van der Waals surface area contributed by atoms with Gasteiger partial charge in [-0.1, -0.05) is 58.0 Å². The fraction of sp³-hybridized carbons (Fsp3) is 0.105.